The molecule has 0 atom stereocenters. The summed E-state index contributed by atoms with van der Waals surface area (Å²) in [4.78, 5) is 0. The van der Waals surface area contributed by atoms with E-state index in [1.807, 2.05) is 0 Å². The SMILES string of the molecule is Nc1ccc(Oc2ccc(N)c(C(F)(F)F)c2)c(C(F)(F)F)c1. The molecule has 0 aromatic heterocycles. The first kappa shape index (κ1) is 16.8. The third-order valence-electron chi connectivity index (χ3n) is 2.87. The average molecular weight is 336 g/mol. The van der Waals surface area contributed by atoms with Crippen LogP contribution in [0, 0.1) is 0 Å². The van der Waals surface area contributed by atoms with E-state index in [1.165, 1.54) is 0 Å². The van der Waals surface area contributed by atoms with Crippen LogP contribution in [-0.4, -0.2) is 0 Å². The highest BCUT2D eigenvalue weighted by Crippen LogP contribution is 2.41. The van der Waals surface area contributed by atoms with Gasteiger partial charge in [-0.25, -0.2) is 0 Å². The largest absolute Gasteiger partial charge is 0.457 e. The number of halogens is 6. The molecule has 2 aromatic rings. The first-order valence-electron chi connectivity index (χ1n) is 6.10. The minimum absolute atomic E-state index is 0.155. The van der Waals surface area contributed by atoms with Gasteiger partial charge in [0.05, 0.1) is 5.56 Å². The fraction of sp³-hybridized carbons (Fsp3) is 0.143. The quantitative estimate of drug-likeness (QED) is 0.618. The molecule has 0 unspecified atom stereocenters. The van der Waals surface area contributed by atoms with Crippen LogP contribution in [0.5, 0.6) is 11.5 Å². The van der Waals surface area contributed by atoms with E-state index >= 15 is 0 Å². The van der Waals surface area contributed by atoms with Gasteiger partial charge in [-0.05, 0) is 36.4 Å². The van der Waals surface area contributed by atoms with Crippen LogP contribution in [-0.2, 0) is 12.4 Å². The van der Waals surface area contributed by atoms with E-state index in [0.717, 1.165) is 24.3 Å². The van der Waals surface area contributed by atoms with Crippen molar-refractivity contribution in [2.75, 3.05) is 11.5 Å². The Hall–Kier alpha value is -2.58. The van der Waals surface area contributed by atoms with Gasteiger partial charge < -0.3 is 16.2 Å². The van der Waals surface area contributed by atoms with E-state index < -0.39 is 40.7 Å². The third kappa shape index (κ3) is 3.79. The molecule has 9 heteroatoms. The van der Waals surface area contributed by atoms with E-state index in [9.17, 15) is 26.3 Å². The first-order chi connectivity index (χ1) is 10.5. The average Bonchev–Trinajstić information content (AvgIpc) is 2.40. The number of hydrogen-bond acceptors (Lipinski definition) is 3. The van der Waals surface area contributed by atoms with Crippen molar-refractivity contribution in [3.05, 3.63) is 47.5 Å². The summed E-state index contributed by atoms with van der Waals surface area (Å²) < 4.78 is 82.0. The minimum atomic E-state index is -4.77. The Morgan fingerprint density at radius 3 is 1.91 bits per heavy atom. The molecule has 3 nitrogen and oxygen atoms in total. The number of nitrogen functional groups attached to an aromatic ring is 2. The Morgan fingerprint density at radius 1 is 0.739 bits per heavy atom. The molecule has 2 rings (SSSR count). The third-order valence-corrected chi connectivity index (χ3v) is 2.87. The summed E-state index contributed by atoms with van der Waals surface area (Å²) in [7, 11) is 0. The summed E-state index contributed by atoms with van der Waals surface area (Å²) in [6, 6.07) is 5.20. The summed E-state index contributed by atoms with van der Waals surface area (Å²) in [5.41, 5.74) is 7.41. The van der Waals surface area contributed by atoms with Crippen LogP contribution < -0.4 is 16.2 Å². The minimum Gasteiger partial charge on any atom is -0.457 e. The molecule has 0 spiro atoms. The Morgan fingerprint density at radius 2 is 1.35 bits per heavy atom. The lowest BCUT2D eigenvalue weighted by atomic mass is 10.1. The maximum Gasteiger partial charge on any atom is 0.420 e. The topological polar surface area (TPSA) is 61.3 Å². The highest BCUT2D eigenvalue weighted by atomic mass is 19.4. The zero-order chi connectivity index (χ0) is 17.4. The summed E-state index contributed by atoms with van der Waals surface area (Å²) in [6.07, 6.45) is -9.52. The molecule has 0 amide bonds. The van der Waals surface area contributed by atoms with Crippen LogP contribution in [0.2, 0.25) is 0 Å². The van der Waals surface area contributed by atoms with E-state index in [0.29, 0.717) is 12.1 Å². The zero-order valence-electron chi connectivity index (χ0n) is 11.3. The summed E-state index contributed by atoms with van der Waals surface area (Å²) in [5, 5.41) is 0. The fourth-order valence-corrected chi connectivity index (χ4v) is 1.83. The van der Waals surface area contributed by atoms with Crippen LogP contribution in [0.1, 0.15) is 11.1 Å². The van der Waals surface area contributed by atoms with E-state index in [-0.39, 0.29) is 5.69 Å². The van der Waals surface area contributed by atoms with Crippen LogP contribution in [0.4, 0.5) is 37.7 Å². The maximum atomic E-state index is 12.9. The van der Waals surface area contributed by atoms with Crippen molar-refractivity contribution in [1.29, 1.82) is 0 Å². The summed E-state index contributed by atoms with van der Waals surface area (Å²) >= 11 is 0. The first-order valence-corrected chi connectivity index (χ1v) is 6.10. The molecule has 2 aromatic carbocycles. The molecule has 0 bridgehead atoms. The zero-order valence-corrected chi connectivity index (χ0v) is 11.3. The van der Waals surface area contributed by atoms with Crippen molar-refractivity contribution in [3.63, 3.8) is 0 Å². The molecule has 124 valence electrons. The highest BCUT2D eigenvalue weighted by molar-refractivity contribution is 5.54. The van der Waals surface area contributed by atoms with Crippen molar-refractivity contribution >= 4 is 11.4 Å². The lowest BCUT2D eigenvalue weighted by Gasteiger charge is -2.16. The molecule has 0 saturated heterocycles. The van der Waals surface area contributed by atoms with Gasteiger partial charge in [-0.15, -0.1) is 0 Å². The molecular weight excluding hydrogens is 326 g/mol. The van der Waals surface area contributed by atoms with Crippen molar-refractivity contribution in [2.24, 2.45) is 0 Å². The number of anilines is 2. The van der Waals surface area contributed by atoms with E-state index in [2.05, 4.69) is 0 Å². The second kappa shape index (κ2) is 5.56. The van der Waals surface area contributed by atoms with E-state index in [4.69, 9.17) is 16.2 Å². The number of rotatable bonds is 2. The predicted octanol–water partition coefficient (Wildman–Crippen LogP) is 4.68. The van der Waals surface area contributed by atoms with Gasteiger partial charge in [0.25, 0.3) is 0 Å². The van der Waals surface area contributed by atoms with Gasteiger partial charge in [0, 0.05) is 11.4 Å². The van der Waals surface area contributed by atoms with E-state index in [1.54, 1.807) is 0 Å². The molecule has 0 fully saturated rings. The predicted molar refractivity (Wildman–Crippen MR) is 71.8 cm³/mol. The van der Waals surface area contributed by atoms with Crippen LogP contribution in [0.25, 0.3) is 0 Å². The molecule has 0 aliphatic carbocycles. The van der Waals surface area contributed by atoms with Gasteiger partial charge in [0.15, 0.2) is 0 Å². The summed E-state index contributed by atoms with van der Waals surface area (Å²) in [6.45, 7) is 0. The lowest BCUT2D eigenvalue weighted by molar-refractivity contribution is -0.139. The Labute approximate surface area is 126 Å². The van der Waals surface area contributed by atoms with Gasteiger partial charge in [0.1, 0.15) is 17.1 Å². The number of alkyl halides is 6. The molecule has 0 aliphatic rings. The Bertz CT molecular complexity index is 724. The standard InChI is InChI=1S/C14H10F6N2O/c15-13(16,17)9-6-8(2-3-11(9)22)23-12-4-1-7(21)5-10(12)14(18,19)20/h1-6H,21-22H2. The van der Waals surface area contributed by atoms with Gasteiger partial charge >= 0.3 is 12.4 Å². The van der Waals surface area contributed by atoms with Gasteiger partial charge in [-0.2, -0.15) is 26.3 Å². The Balaban J connectivity index is 2.45. The van der Waals surface area contributed by atoms with Gasteiger partial charge in [-0.1, -0.05) is 0 Å². The number of nitrogens with two attached hydrogens (primary N) is 2. The maximum absolute atomic E-state index is 12.9. The molecular formula is C14H10F6N2O. The Kier molecular flexibility index (Phi) is 4.06. The molecule has 0 aliphatic heterocycles. The highest BCUT2D eigenvalue weighted by Gasteiger charge is 2.36. The smallest absolute Gasteiger partial charge is 0.420 e. The summed E-state index contributed by atoms with van der Waals surface area (Å²) in [5.74, 6) is -1.09. The molecule has 0 saturated carbocycles. The second-order valence-electron chi connectivity index (χ2n) is 4.60. The normalized spacial score (nSPS) is 12.3. The van der Waals surface area contributed by atoms with Gasteiger partial charge in [-0.3, -0.25) is 0 Å². The van der Waals surface area contributed by atoms with Crippen LogP contribution >= 0.6 is 0 Å². The lowest BCUT2D eigenvalue weighted by Crippen LogP contribution is -2.10. The molecule has 23 heavy (non-hydrogen) atoms. The number of ether oxygens (including phenoxy) is 1. The molecule has 0 heterocycles. The van der Waals surface area contributed by atoms with Crippen molar-refractivity contribution in [1.82, 2.24) is 0 Å². The van der Waals surface area contributed by atoms with Gasteiger partial charge in [0.2, 0.25) is 0 Å². The molecule has 4 N–H and O–H groups in total. The van der Waals surface area contributed by atoms with Crippen LogP contribution in [0.15, 0.2) is 36.4 Å². The van der Waals surface area contributed by atoms with Crippen molar-refractivity contribution in [2.45, 2.75) is 12.4 Å². The monoisotopic (exact) mass is 336 g/mol. The molecule has 0 radical (unpaired) electrons. The number of benzene rings is 2. The fourth-order valence-electron chi connectivity index (χ4n) is 1.83. The number of hydrogen-bond donors (Lipinski definition) is 2. The van der Waals surface area contributed by atoms with Crippen molar-refractivity contribution < 1.29 is 31.1 Å². The van der Waals surface area contributed by atoms with Crippen LogP contribution in [0.3, 0.4) is 0 Å². The van der Waals surface area contributed by atoms with Crippen molar-refractivity contribution in [3.8, 4) is 11.5 Å². The second-order valence-corrected chi connectivity index (χ2v) is 4.60.